The second-order valence-electron chi connectivity index (χ2n) is 5.72. The van der Waals surface area contributed by atoms with Gasteiger partial charge in [0, 0.05) is 50.6 Å². The fraction of sp³-hybridized carbons (Fsp3) is 0.316. The summed E-state index contributed by atoms with van der Waals surface area (Å²) in [6, 6.07) is 10.3. The molecule has 0 atom stereocenters. The maximum atomic E-state index is 13.5. The molecule has 0 aliphatic rings. The van der Waals surface area contributed by atoms with Crippen LogP contribution in [-0.4, -0.2) is 43.5 Å². The highest BCUT2D eigenvalue weighted by molar-refractivity contribution is 14.0. The number of amides is 1. The van der Waals surface area contributed by atoms with Gasteiger partial charge in [-0.3, -0.25) is 14.8 Å². The Kier molecular flexibility index (Phi) is 10.3. The molecule has 0 bridgehead atoms. The molecule has 0 aliphatic carbocycles. The van der Waals surface area contributed by atoms with Crippen LogP contribution in [0.15, 0.2) is 47.6 Å². The molecule has 0 radical (unpaired) electrons. The molecule has 0 saturated heterocycles. The number of aromatic nitrogens is 1. The summed E-state index contributed by atoms with van der Waals surface area (Å²) in [5.41, 5.74) is 1.84. The van der Waals surface area contributed by atoms with E-state index in [1.807, 2.05) is 18.2 Å². The number of aliphatic imine (C=N–C) groups is 1. The number of hydrogen-bond acceptors (Lipinski definition) is 3. The van der Waals surface area contributed by atoms with Gasteiger partial charge in [0.25, 0.3) is 5.91 Å². The molecule has 3 N–H and O–H groups in total. The first kappa shape index (κ1) is 22.8. The van der Waals surface area contributed by atoms with Crippen LogP contribution in [0.3, 0.4) is 0 Å². The van der Waals surface area contributed by atoms with Crippen molar-refractivity contribution >= 4 is 35.8 Å². The molecule has 146 valence electrons. The summed E-state index contributed by atoms with van der Waals surface area (Å²) in [5.74, 6) is -0.0337. The van der Waals surface area contributed by atoms with Crippen molar-refractivity contribution in [2.75, 3.05) is 26.7 Å². The predicted molar refractivity (Wildman–Crippen MR) is 116 cm³/mol. The summed E-state index contributed by atoms with van der Waals surface area (Å²) < 4.78 is 13.5. The number of rotatable bonds is 7. The van der Waals surface area contributed by atoms with Gasteiger partial charge in [-0.2, -0.15) is 0 Å². The van der Waals surface area contributed by atoms with Gasteiger partial charge in [-0.1, -0.05) is 12.1 Å². The number of pyridine rings is 1. The summed E-state index contributed by atoms with van der Waals surface area (Å²) >= 11 is 0. The lowest BCUT2D eigenvalue weighted by Gasteiger charge is -2.12. The first-order valence-corrected chi connectivity index (χ1v) is 8.49. The molecule has 0 fully saturated rings. The van der Waals surface area contributed by atoms with Crippen LogP contribution in [0.1, 0.15) is 21.6 Å². The van der Waals surface area contributed by atoms with E-state index in [4.69, 9.17) is 0 Å². The van der Waals surface area contributed by atoms with E-state index in [0.29, 0.717) is 36.7 Å². The maximum Gasteiger partial charge on any atom is 0.251 e. The Balaban J connectivity index is 0.00000364. The lowest BCUT2D eigenvalue weighted by Crippen LogP contribution is -2.42. The monoisotopic (exact) mass is 485 g/mol. The fourth-order valence-corrected chi connectivity index (χ4v) is 2.27. The van der Waals surface area contributed by atoms with E-state index in [-0.39, 0.29) is 35.7 Å². The zero-order valence-electron chi connectivity index (χ0n) is 15.5. The van der Waals surface area contributed by atoms with Gasteiger partial charge in [-0.25, -0.2) is 4.39 Å². The number of nitrogens with zero attached hydrogens (tertiary/aromatic N) is 2. The average molecular weight is 485 g/mol. The van der Waals surface area contributed by atoms with E-state index < -0.39 is 0 Å². The van der Waals surface area contributed by atoms with Crippen molar-refractivity contribution in [3.8, 4) is 0 Å². The molecular formula is C19H25FIN5O. The van der Waals surface area contributed by atoms with Crippen LogP contribution in [0.25, 0.3) is 0 Å². The van der Waals surface area contributed by atoms with Crippen LogP contribution in [0, 0.1) is 12.7 Å². The first-order chi connectivity index (χ1) is 12.6. The topological polar surface area (TPSA) is 78.4 Å². The van der Waals surface area contributed by atoms with E-state index >= 15 is 0 Å². The molecule has 1 amide bonds. The van der Waals surface area contributed by atoms with E-state index in [1.54, 1.807) is 32.3 Å². The highest BCUT2D eigenvalue weighted by atomic mass is 127. The summed E-state index contributed by atoms with van der Waals surface area (Å²) in [5, 5.41) is 9.05. The van der Waals surface area contributed by atoms with Gasteiger partial charge in [0.2, 0.25) is 0 Å². The summed E-state index contributed by atoms with van der Waals surface area (Å²) in [6.45, 7) is 3.26. The van der Waals surface area contributed by atoms with E-state index in [9.17, 15) is 9.18 Å². The number of guanidine groups is 1. The Morgan fingerprint density at radius 1 is 1.11 bits per heavy atom. The van der Waals surface area contributed by atoms with Crippen molar-refractivity contribution in [2.24, 2.45) is 4.99 Å². The molecule has 1 aromatic heterocycles. The van der Waals surface area contributed by atoms with Crippen LogP contribution in [0.2, 0.25) is 0 Å². The van der Waals surface area contributed by atoms with Gasteiger partial charge >= 0.3 is 0 Å². The van der Waals surface area contributed by atoms with Crippen molar-refractivity contribution in [1.82, 2.24) is 20.9 Å². The lowest BCUT2D eigenvalue weighted by atomic mass is 10.1. The van der Waals surface area contributed by atoms with E-state index in [2.05, 4.69) is 25.9 Å². The average Bonchev–Trinajstić information content (AvgIpc) is 2.66. The van der Waals surface area contributed by atoms with Crippen LogP contribution in [0.5, 0.6) is 0 Å². The molecular weight excluding hydrogens is 460 g/mol. The SMILES string of the molecule is CN=C(NCCNC(=O)c1ccc(C)c(F)c1)NCCc1ccccn1.I. The fourth-order valence-electron chi connectivity index (χ4n) is 2.27. The lowest BCUT2D eigenvalue weighted by molar-refractivity contribution is 0.0954. The number of carbonyl (C=O) groups is 1. The highest BCUT2D eigenvalue weighted by Crippen LogP contribution is 2.08. The van der Waals surface area contributed by atoms with Crippen molar-refractivity contribution in [2.45, 2.75) is 13.3 Å². The molecule has 2 aromatic rings. The standard InChI is InChI=1S/C19H24FN5O.HI/c1-14-6-7-15(13-17(14)20)18(26)23-11-12-25-19(21-2)24-10-8-16-5-3-4-9-22-16;/h3-7,9,13H,8,10-12H2,1-2H3,(H,23,26)(H2,21,24,25);1H. The Bertz CT molecular complexity index is 755. The number of aryl methyl sites for hydroxylation is 1. The maximum absolute atomic E-state index is 13.5. The number of halogens is 2. The second kappa shape index (κ2) is 12.2. The van der Waals surface area contributed by atoms with Crippen molar-refractivity contribution in [1.29, 1.82) is 0 Å². The number of nitrogens with one attached hydrogen (secondary N) is 3. The minimum Gasteiger partial charge on any atom is -0.356 e. The smallest absolute Gasteiger partial charge is 0.251 e. The van der Waals surface area contributed by atoms with Crippen LogP contribution >= 0.6 is 24.0 Å². The summed E-state index contributed by atoms with van der Waals surface area (Å²) in [4.78, 5) is 20.4. The third-order valence-electron chi connectivity index (χ3n) is 3.76. The third-order valence-corrected chi connectivity index (χ3v) is 3.76. The third kappa shape index (κ3) is 7.90. The number of benzene rings is 1. The minimum absolute atomic E-state index is 0. The van der Waals surface area contributed by atoms with Gasteiger partial charge in [0.1, 0.15) is 5.82 Å². The molecule has 1 aromatic carbocycles. The number of hydrogen-bond donors (Lipinski definition) is 3. The Morgan fingerprint density at radius 3 is 2.52 bits per heavy atom. The van der Waals surface area contributed by atoms with Gasteiger partial charge in [-0.15, -0.1) is 24.0 Å². The normalized spacial score (nSPS) is 10.7. The van der Waals surface area contributed by atoms with Gasteiger partial charge in [-0.05, 0) is 36.8 Å². The minimum atomic E-state index is -0.381. The molecule has 0 saturated carbocycles. The Hall–Kier alpha value is -2.23. The van der Waals surface area contributed by atoms with Gasteiger partial charge in [0.15, 0.2) is 5.96 Å². The van der Waals surface area contributed by atoms with Crippen molar-refractivity contribution < 1.29 is 9.18 Å². The van der Waals surface area contributed by atoms with Gasteiger partial charge in [0.05, 0.1) is 0 Å². The molecule has 2 rings (SSSR count). The number of carbonyl (C=O) groups excluding carboxylic acids is 1. The molecule has 8 heteroatoms. The molecule has 27 heavy (non-hydrogen) atoms. The summed E-state index contributed by atoms with van der Waals surface area (Å²) in [7, 11) is 1.68. The zero-order chi connectivity index (χ0) is 18.8. The van der Waals surface area contributed by atoms with Crippen LogP contribution in [0.4, 0.5) is 4.39 Å². The zero-order valence-corrected chi connectivity index (χ0v) is 17.8. The largest absolute Gasteiger partial charge is 0.356 e. The first-order valence-electron chi connectivity index (χ1n) is 8.49. The predicted octanol–water partition coefficient (Wildman–Crippen LogP) is 2.28. The van der Waals surface area contributed by atoms with Crippen LogP contribution < -0.4 is 16.0 Å². The molecule has 6 nitrogen and oxygen atoms in total. The quantitative estimate of drug-likeness (QED) is 0.244. The summed E-state index contributed by atoms with van der Waals surface area (Å²) in [6.07, 6.45) is 2.56. The molecule has 0 spiro atoms. The Morgan fingerprint density at radius 2 is 1.85 bits per heavy atom. The van der Waals surface area contributed by atoms with E-state index in [1.165, 1.54) is 6.07 Å². The van der Waals surface area contributed by atoms with Crippen molar-refractivity contribution in [3.05, 3.63) is 65.2 Å². The highest BCUT2D eigenvalue weighted by Gasteiger charge is 2.07. The van der Waals surface area contributed by atoms with E-state index in [0.717, 1.165) is 12.1 Å². The second-order valence-corrected chi connectivity index (χ2v) is 5.72. The molecule has 0 aliphatic heterocycles. The Labute approximate surface area is 176 Å². The molecule has 1 heterocycles. The van der Waals surface area contributed by atoms with Crippen molar-refractivity contribution in [3.63, 3.8) is 0 Å². The van der Waals surface area contributed by atoms with Gasteiger partial charge < -0.3 is 16.0 Å². The van der Waals surface area contributed by atoms with Crippen LogP contribution in [-0.2, 0) is 6.42 Å². The molecule has 0 unspecified atom stereocenters.